The molecule has 118 valence electrons. The van der Waals surface area contributed by atoms with Crippen molar-refractivity contribution < 1.29 is 4.79 Å². The van der Waals surface area contributed by atoms with Gasteiger partial charge in [0, 0.05) is 26.3 Å². The molecule has 0 radical (unpaired) electrons. The van der Waals surface area contributed by atoms with Crippen molar-refractivity contribution in [3.63, 3.8) is 0 Å². The Labute approximate surface area is 127 Å². The molecule has 1 aliphatic rings. The number of aromatic nitrogens is 2. The molecule has 1 aromatic rings. The Hall–Kier alpha value is -1.36. The lowest BCUT2D eigenvalue weighted by atomic mass is 9.93. The molecule has 2 rings (SSSR count). The van der Waals surface area contributed by atoms with Crippen LogP contribution in [0.2, 0.25) is 0 Å². The van der Waals surface area contributed by atoms with Crippen LogP contribution in [-0.4, -0.2) is 47.3 Å². The van der Waals surface area contributed by atoms with E-state index in [-0.39, 0.29) is 11.8 Å². The van der Waals surface area contributed by atoms with Gasteiger partial charge in [-0.15, -0.1) is 0 Å². The summed E-state index contributed by atoms with van der Waals surface area (Å²) in [5.74, 6) is 1.18. The molecule has 0 bridgehead atoms. The molecule has 0 aromatic carbocycles. The Kier molecular flexibility index (Phi) is 5.39. The van der Waals surface area contributed by atoms with Gasteiger partial charge in [0.1, 0.15) is 0 Å². The first kappa shape index (κ1) is 16.0. The molecule has 0 spiro atoms. The summed E-state index contributed by atoms with van der Waals surface area (Å²) in [6.07, 6.45) is 5.31. The monoisotopic (exact) mass is 292 g/mol. The van der Waals surface area contributed by atoms with Gasteiger partial charge < -0.3 is 10.2 Å². The van der Waals surface area contributed by atoms with Crippen molar-refractivity contribution in [1.29, 1.82) is 0 Å². The highest BCUT2D eigenvalue weighted by Crippen LogP contribution is 2.24. The predicted octanol–water partition coefficient (Wildman–Crippen LogP) is 2.01. The van der Waals surface area contributed by atoms with Gasteiger partial charge in [-0.25, -0.2) is 0 Å². The minimum atomic E-state index is 0.152. The summed E-state index contributed by atoms with van der Waals surface area (Å²) >= 11 is 0. The van der Waals surface area contributed by atoms with E-state index in [9.17, 15) is 4.79 Å². The molecular weight excluding hydrogens is 264 g/mol. The average molecular weight is 292 g/mol. The number of rotatable bonds is 5. The number of hydrogen-bond acceptors (Lipinski definition) is 3. The molecule has 2 heterocycles. The predicted molar refractivity (Wildman–Crippen MR) is 84.5 cm³/mol. The highest BCUT2D eigenvalue weighted by molar-refractivity contribution is 5.95. The molecule has 1 N–H and O–H groups in total. The van der Waals surface area contributed by atoms with Crippen molar-refractivity contribution >= 4 is 5.91 Å². The molecule has 1 saturated heterocycles. The van der Waals surface area contributed by atoms with E-state index in [4.69, 9.17) is 0 Å². The number of carbonyl (C=O) groups excluding carboxylic acids is 1. The van der Waals surface area contributed by atoms with Gasteiger partial charge >= 0.3 is 0 Å². The van der Waals surface area contributed by atoms with Gasteiger partial charge in [-0.3, -0.25) is 9.48 Å². The topological polar surface area (TPSA) is 50.2 Å². The number of nitrogens with zero attached hydrogens (tertiary/aromatic N) is 3. The van der Waals surface area contributed by atoms with Crippen molar-refractivity contribution in [2.45, 2.75) is 39.0 Å². The first-order chi connectivity index (χ1) is 10.0. The minimum absolute atomic E-state index is 0.152. The van der Waals surface area contributed by atoms with Gasteiger partial charge in [0.15, 0.2) is 0 Å². The molecule has 5 heteroatoms. The lowest BCUT2D eigenvalue weighted by Gasteiger charge is -2.32. The Bertz CT molecular complexity index is 473. The maximum Gasteiger partial charge on any atom is 0.257 e. The molecule has 1 amide bonds. The molecule has 0 aliphatic carbocycles. The molecule has 21 heavy (non-hydrogen) atoms. The average Bonchev–Trinajstić information content (AvgIpc) is 2.87. The highest BCUT2D eigenvalue weighted by Gasteiger charge is 2.26. The number of amides is 1. The third kappa shape index (κ3) is 3.84. The summed E-state index contributed by atoms with van der Waals surface area (Å²) in [7, 11) is 3.88. The Morgan fingerprint density at radius 3 is 2.67 bits per heavy atom. The molecule has 1 aromatic heterocycles. The summed E-state index contributed by atoms with van der Waals surface area (Å²) in [5, 5.41) is 7.65. The largest absolute Gasteiger partial charge is 0.339 e. The molecule has 1 fully saturated rings. The van der Waals surface area contributed by atoms with E-state index in [2.05, 4.69) is 24.3 Å². The van der Waals surface area contributed by atoms with E-state index in [1.807, 2.05) is 25.2 Å². The van der Waals surface area contributed by atoms with Crippen LogP contribution in [0.4, 0.5) is 0 Å². The second kappa shape index (κ2) is 7.07. The molecule has 0 atom stereocenters. The highest BCUT2D eigenvalue weighted by atomic mass is 16.2. The zero-order valence-electron chi connectivity index (χ0n) is 13.7. The second-order valence-electron chi connectivity index (χ2n) is 6.38. The number of piperidine rings is 1. The van der Waals surface area contributed by atoms with E-state index in [0.29, 0.717) is 0 Å². The normalized spacial score (nSPS) is 16.7. The van der Waals surface area contributed by atoms with Crippen LogP contribution in [0.3, 0.4) is 0 Å². The van der Waals surface area contributed by atoms with Crippen molar-refractivity contribution in [2.24, 2.45) is 13.0 Å². The van der Waals surface area contributed by atoms with E-state index in [1.54, 1.807) is 4.68 Å². The fourth-order valence-corrected chi connectivity index (χ4v) is 3.04. The van der Waals surface area contributed by atoms with Crippen LogP contribution in [0.15, 0.2) is 6.20 Å². The molecule has 0 saturated carbocycles. The van der Waals surface area contributed by atoms with Gasteiger partial charge in [-0.2, -0.15) is 5.10 Å². The quantitative estimate of drug-likeness (QED) is 0.903. The zero-order chi connectivity index (χ0) is 15.4. The summed E-state index contributed by atoms with van der Waals surface area (Å²) < 4.78 is 1.75. The van der Waals surface area contributed by atoms with E-state index >= 15 is 0 Å². The zero-order valence-corrected chi connectivity index (χ0v) is 13.7. The maximum absolute atomic E-state index is 12.7. The number of carbonyl (C=O) groups is 1. The van der Waals surface area contributed by atoms with Crippen molar-refractivity contribution in [3.8, 4) is 0 Å². The van der Waals surface area contributed by atoms with Crippen LogP contribution in [0.5, 0.6) is 0 Å². The molecule has 1 aliphatic heterocycles. The van der Waals surface area contributed by atoms with Crippen LogP contribution in [0.25, 0.3) is 0 Å². The van der Waals surface area contributed by atoms with Crippen LogP contribution < -0.4 is 5.32 Å². The van der Waals surface area contributed by atoms with E-state index in [0.717, 1.165) is 49.7 Å². The molecular formula is C16H28N4O. The number of aryl methyl sites for hydroxylation is 1. The lowest BCUT2D eigenvalue weighted by Crippen LogP contribution is -2.39. The van der Waals surface area contributed by atoms with Gasteiger partial charge in [-0.1, -0.05) is 13.8 Å². The van der Waals surface area contributed by atoms with Crippen molar-refractivity contribution in [3.05, 3.63) is 17.5 Å². The van der Waals surface area contributed by atoms with Gasteiger partial charge in [0.05, 0.1) is 11.3 Å². The van der Waals surface area contributed by atoms with Gasteiger partial charge in [-0.05, 0) is 44.7 Å². The smallest absolute Gasteiger partial charge is 0.257 e. The first-order valence-electron chi connectivity index (χ1n) is 8.00. The summed E-state index contributed by atoms with van der Waals surface area (Å²) in [6, 6.07) is 0. The minimum Gasteiger partial charge on any atom is -0.339 e. The Morgan fingerprint density at radius 2 is 2.10 bits per heavy atom. The number of hydrogen-bond donors (Lipinski definition) is 1. The SMILES string of the molecule is CNCCC1CCN(C(=O)c2cn(C)nc2C(C)C)CC1. The number of likely N-dealkylation sites (tertiary alicyclic amines) is 1. The van der Waals surface area contributed by atoms with E-state index < -0.39 is 0 Å². The van der Waals surface area contributed by atoms with Crippen LogP contribution >= 0.6 is 0 Å². The maximum atomic E-state index is 12.7. The fraction of sp³-hybridized carbons (Fsp3) is 0.750. The van der Waals surface area contributed by atoms with Crippen molar-refractivity contribution in [1.82, 2.24) is 20.0 Å². The first-order valence-corrected chi connectivity index (χ1v) is 8.00. The standard InChI is InChI=1S/C16H28N4O/c1-12(2)15-14(11-19(4)18-15)16(21)20-9-6-13(7-10-20)5-8-17-3/h11-13,17H,5-10H2,1-4H3. The van der Waals surface area contributed by atoms with Gasteiger partial charge in [0.25, 0.3) is 5.91 Å². The lowest BCUT2D eigenvalue weighted by molar-refractivity contribution is 0.0685. The Morgan fingerprint density at radius 1 is 1.43 bits per heavy atom. The summed E-state index contributed by atoms with van der Waals surface area (Å²) in [5.41, 5.74) is 1.70. The van der Waals surface area contributed by atoms with E-state index in [1.165, 1.54) is 6.42 Å². The van der Waals surface area contributed by atoms with Crippen LogP contribution in [-0.2, 0) is 7.05 Å². The van der Waals surface area contributed by atoms with Crippen LogP contribution in [0.1, 0.15) is 55.1 Å². The fourth-order valence-electron chi connectivity index (χ4n) is 3.04. The third-order valence-corrected chi connectivity index (χ3v) is 4.34. The summed E-state index contributed by atoms with van der Waals surface area (Å²) in [6.45, 7) is 6.99. The van der Waals surface area contributed by atoms with Crippen LogP contribution in [0, 0.1) is 5.92 Å². The second-order valence-corrected chi connectivity index (χ2v) is 6.38. The number of nitrogens with one attached hydrogen (secondary N) is 1. The molecule has 5 nitrogen and oxygen atoms in total. The Balaban J connectivity index is 1.99. The van der Waals surface area contributed by atoms with Gasteiger partial charge in [0.2, 0.25) is 0 Å². The summed E-state index contributed by atoms with van der Waals surface area (Å²) in [4.78, 5) is 14.7. The van der Waals surface area contributed by atoms with Crippen molar-refractivity contribution in [2.75, 3.05) is 26.7 Å². The third-order valence-electron chi connectivity index (χ3n) is 4.34. The molecule has 0 unspecified atom stereocenters.